The fraction of sp³-hybridized carbons (Fsp3) is 0.0667. The van der Waals surface area contributed by atoms with E-state index in [9.17, 15) is 9.59 Å². The molecule has 0 aliphatic rings. The molecule has 102 valence electrons. The van der Waals surface area contributed by atoms with Crippen LogP contribution in [0, 0.1) is 6.92 Å². The van der Waals surface area contributed by atoms with Gasteiger partial charge < -0.3 is 14.8 Å². The highest BCUT2D eigenvalue weighted by atomic mass is 16.4. The zero-order valence-electron chi connectivity index (χ0n) is 10.8. The maximum Gasteiger partial charge on any atom is 0.328 e. The standard InChI is InChI=1S/C15H13NO4/c1-10-2-4-13(8-11(10)3-5-14(17)18)16-15(19)12-6-7-20-9-12/h2-9H,1H3,(H,16,19)(H,17,18). The Kier molecular flexibility index (Phi) is 4.00. The van der Waals surface area contributed by atoms with Gasteiger partial charge in [0.25, 0.3) is 5.91 Å². The van der Waals surface area contributed by atoms with Crippen LogP contribution in [0.3, 0.4) is 0 Å². The number of aliphatic carboxylic acids is 1. The van der Waals surface area contributed by atoms with E-state index >= 15 is 0 Å². The molecule has 0 atom stereocenters. The van der Waals surface area contributed by atoms with Crippen LogP contribution in [0.4, 0.5) is 5.69 Å². The second-order valence-corrected chi connectivity index (χ2v) is 4.21. The molecule has 0 radical (unpaired) electrons. The molecule has 0 aliphatic carbocycles. The second kappa shape index (κ2) is 5.88. The third-order valence-electron chi connectivity index (χ3n) is 2.73. The van der Waals surface area contributed by atoms with Crippen molar-refractivity contribution in [2.45, 2.75) is 6.92 Å². The van der Waals surface area contributed by atoms with E-state index in [1.165, 1.54) is 18.6 Å². The lowest BCUT2D eigenvalue weighted by Crippen LogP contribution is -2.10. The summed E-state index contributed by atoms with van der Waals surface area (Å²) in [5.41, 5.74) is 2.67. The molecule has 0 bridgehead atoms. The van der Waals surface area contributed by atoms with Gasteiger partial charge in [0.05, 0.1) is 11.8 Å². The molecular formula is C15H13NO4. The van der Waals surface area contributed by atoms with Crippen molar-refractivity contribution >= 4 is 23.6 Å². The molecule has 1 heterocycles. The number of hydrogen-bond donors (Lipinski definition) is 2. The lowest BCUT2D eigenvalue weighted by atomic mass is 10.1. The quantitative estimate of drug-likeness (QED) is 0.838. The van der Waals surface area contributed by atoms with Gasteiger partial charge in [-0.3, -0.25) is 4.79 Å². The number of rotatable bonds is 4. The van der Waals surface area contributed by atoms with Crippen LogP contribution in [-0.4, -0.2) is 17.0 Å². The van der Waals surface area contributed by atoms with Crippen molar-refractivity contribution in [3.05, 3.63) is 59.6 Å². The van der Waals surface area contributed by atoms with Crippen LogP contribution in [-0.2, 0) is 4.79 Å². The van der Waals surface area contributed by atoms with Crippen molar-refractivity contribution in [2.24, 2.45) is 0 Å². The fourth-order valence-electron chi connectivity index (χ4n) is 1.66. The zero-order valence-corrected chi connectivity index (χ0v) is 10.8. The van der Waals surface area contributed by atoms with Gasteiger partial charge in [-0.15, -0.1) is 0 Å². The van der Waals surface area contributed by atoms with E-state index in [0.717, 1.165) is 17.2 Å². The number of amides is 1. The van der Waals surface area contributed by atoms with E-state index in [2.05, 4.69) is 5.32 Å². The number of hydrogen-bond acceptors (Lipinski definition) is 3. The Morgan fingerprint density at radius 2 is 2.10 bits per heavy atom. The maximum atomic E-state index is 11.9. The number of carboxylic acids is 1. The maximum absolute atomic E-state index is 11.9. The normalized spacial score (nSPS) is 10.7. The van der Waals surface area contributed by atoms with Gasteiger partial charge in [0.2, 0.25) is 0 Å². The molecular weight excluding hydrogens is 258 g/mol. The number of carbonyl (C=O) groups is 2. The first kappa shape index (κ1) is 13.6. The summed E-state index contributed by atoms with van der Waals surface area (Å²) in [5.74, 6) is -1.30. The molecule has 0 spiro atoms. The molecule has 2 N–H and O–H groups in total. The number of anilines is 1. The van der Waals surface area contributed by atoms with E-state index in [0.29, 0.717) is 11.3 Å². The Hall–Kier alpha value is -2.82. The van der Waals surface area contributed by atoms with Gasteiger partial charge >= 0.3 is 5.97 Å². The highest BCUT2D eigenvalue weighted by Crippen LogP contribution is 2.17. The summed E-state index contributed by atoms with van der Waals surface area (Å²) < 4.78 is 4.84. The third-order valence-corrected chi connectivity index (χ3v) is 2.73. The summed E-state index contributed by atoms with van der Waals surface area (Å²) >= 11 is 0. The van der Waals surface area contributed by atoms with Crippen molar-refractivity contribution in [3.8, 4) is 0 Å². The number of benzene rings is 1. The Morgan fingerprint density at radius 1 is 1.30 bits per heavy atom. The number of carboxylic acid groups (broad SMARTS) is 1. The average Bonchev–Trinajstić information content (AvgIpc) is 2.93. The third kappa shape index (κ3) is 3.35. The van der Waals surface area contributed by atoms with Crippen molar-refractivity contribution in [1.29, 1.82) is 0 Å². The predicted octanol–water partition coefficient (Wildman–Crippen LogP) is 2.94. The highest BCUT2D eigenvalue weighted by Gasteiger charge is 2.07. The molecule has 2 rings (SSSR count). The van der Waals surface area contributed by atoms with Crippen LogP contribution in [0.1, 0.15) is 21.5 Å². The minimum Gasteiger partial charge on any atom is -0.478 e. The molecule has 1 aromatic carbocycles. The van der Waals surface area contributed by atoms with Crippen LogP contribution in [0.25, 0.3) is 6.08 Å². The largest absolute Gasteiger partial charge is 0.478 e. The van der Waals surface area contributed by atoms with Crippen molar-refractivity contribution < 1.29 is 19.1 Å². The van der Waals surface area contributed by atoms with Gasteiger partial charge in [0.15, 0.2) is 0 Å². The summed E-state index contributed by atoms with van der Waals surface area (Å²) in [7, 11) is 0. The topological polar surface area (TPSA) is 79.5 Å². The second-order valence-electron chi connectivity index (χ2n) is 4.21. The molecule has 0 fully saturated rings. The van der Waals surface area contributed by atoms with Crippen molar-refractivity contribution in [3.63, 3.8) is 0 Å². The van der Waals surface area contributed by atoms with E-state index in [1.54, 1.807) is 18.2 Å². The number of aryl methyl sites for hydroxylation is 1. The first-order valence-electron chi connectivity index (χ1n) is 5.91. The molecule has 5 heteroatoms. The molecule has 0 saturated carbocycles. The minimum absolute atomic E-state index is 0.282. The van der Waals surface area contributed by atoms with Gasteiger partial charge in [-0.05, 0) is 42.3 Å². The van der Waals surface area contributed by atoms with Crippen molar-refractivity contribution in [1.82, 2.24) is 0 Å². The fourth-order valence-corrected chi connectivity index (χ4v) is 1.66. The average molecular weight is 271 g/mol. The van der Waals surface area contributed by atoms with Crippen LogP contribution >= 0.6 is 0 Å². The molecule has 0 unspecified atom stereocenters. The van der Waals surface area contributed by atoms with Crippen LogP contribution in [0.2, 0.25) is 0 Å². The zero-order chi connectivity index (χ0) is 14.5. The Bertz CT molecular complexity index is 657. The Balaban J connectivity index is 2.19. The summed E-state index contributed by atoms with van der Waals surface area (Å²) in [4.78, 5) is 22.4. The van der Waals surface area contributed by atoms with Gasteiger partial charge in [-0.1, -0.05) is 6.07 Å². The molecule has 0 saturated heterocycles. The summed E-state index contributed by atoms with van der Waals surface area (Å²) in [5, 5.41) is 11.4. The minimum atomic E-state index is -1.02. The van der Waals surface area contributed by atoms with E-state index in [4.69, 9.17) is 9.52 Å². The van der Waals surface area contributed by atoms with E-state index in [1.807, 2.05) is 13.0 Å². The van der Waals surface area contributed by atoms with Crippen molar-refractivity contribution in [2.75, 3.05) is 5.32 Å². The van der Waals surface area contributed by atoms with Gasteiger partial charge in [-0.2, -0.15) is 0 Å². The summed E-state index contributed by atoms with van der Waals surface area (Å²) in [6.45, 7) is 1.86. The molecule has 2 aromatic rings. The number of furan rings is 1. The van der Waals surface area contributed by atoms with Crippen LogP contribution < -0.4 is 5.32 Å². The van der Waals surface area contributed by atoms with Gasteiger partial charge in [0.1, 0.15) is 6.26 Å². The van der Waals surface area contributed by atoms with Crippen LogP contribution in [0.5, 0.6) is 0 Å². The molecule has 5 nitrogen and oxygen atoms in total. The first-order valence-corrected chi connectivity index (χ1v) is 5.91. The lowest BCUT2D eigenvalue weighted by molar-refractivity contribution is -0.131. The Morgan fingerprint density at radius 3 is 2.75 bits per heavy atom. The van der Waals surface area contributed by atoms with E-state index < -0.39 is 5.97 Å². The highest BCUT2D eigenvalue weighted by molar-refractivity contribution is 6.04. The van der Waals surface area contributed by atoms with E-state index in [-0.39, 0.29) is 5.91 Å². The van der Waals surface area contributed by atoms with Crippen LogP contribution in [0.15, 0.2) is 47.3 Å². The first-order chi connectivity index (χ1) is 9.56. The Labute approximate surface area is 115 Å². The smallest absolute Gasteiger partial charge is 0.328 e. The number of nitrogens with one attached hydrogen (secondary N) is 1. The number of carbonyl (C=O) groups excluding carboxylic acids is 1. The van der Waals surface area contributed by atoms with Gasteiger partial charge in [0, 0.05) is 11.8 Å². The monoisotopic (exact) mass is 271 g/mol. The molecule has 1 aromatic heterocycles. The lowest BCUT2D eigenvalue weighted by Gasteiger charge is -2.07. The molecule has 0 aliphatic heterocycles. The summed E-state index contributed by atoms with van der Waals surface area (Å²) in [6, 6.07) is 6.85. The predicted molar refractivity (Wildman–Crippen MR) is 74.5 cm³/mol. The summed E-state index contributed by atoms with van der Waals surface area (Å²) in [6.07, 6.45) is 5.33. The molecule has 1 amide bonds. The van der Waals surface area contributed by atoms with Gasteiger partial charge in [-0.25, -0.2) is 4.79 Å². The SMILES string of the molecule is Cc1ccc(NC(=O)c2ccoc2)cc1C=CC(=O)O. The molecule has 20 heavy (non-hydrogen) atoms.